The summed E-state index contributed by atoms with van der Waals surface area (Å²) in [5, 5.41) is 1.30. The number of likely N-dealkylation sites (tertiary alicyclic amines) is 1. The van der Waals surface area contributed by atoms with Gasteiger partial charge in [-0.3, -0.25) is 4.90 Å². The monoisotopic (exact) mass is 399 g/mol. The minimum absolute atomic E-state index is 0.0799. The van der Waals surface area contributed by atoms with Crippen molar-refractivity contribution in [2.45, 2.75) is 25.3 Å². The van der Waals surface area contributed by atoms with Crippen LogP contribution in [0.5, 0.6) is 0 Å². The Morgan fingerprint density at radius 3 is 2.24 bits per heavy atom. The molecule has 1 aliphatic rings. The van der Waals surface area contributed by atoms with Crippen LogP contribution in [-0.4, -0.2) is 40.0 Å². The number of hydrogen-bond acceptors (Lipinski definition) is 7. The van der Waals surface area contributed by atoms with Crippen molar-refractivity contribution in [3.63, 3.8) is 0 Å². The van der Waals surface area contributed by atoms with Gasteiger partial charge in [-0.15, -0.1) is 0 Å². The molecule has 0 aliphatic carbocycles. The zero-order valence-electron chi connectivity index (χ0n) is 15.9. The van der Waals surface area contributed by atoms with Gasteiger partial charge >= 0.3 is 12.1 Å². The first-order valence-corrected chi connectivity index (χ1v) is 9.18. The van der Waals surface area contributed by atoms with Crippen molar-refractivity contribution < 1.29 is 9.59 Å². The number of nitrogens with two attached hydrogens (primary N) is 4. The van der Waals surface area contributed by atoms with E-state index in [1.165, 1.54) is 11.8 Å². The predicted molar refractivity (Wildman–Crippen MR) is 108 cm³/mol. The molecule has 0 unspecified atom stereocenters. The molecule has 1 aromatic carbocycles. The molecule has 29 heavy (non-hydrogen) atoms. The van der Waals surface area contributed by atoms with Crippen LogP contribution < -0.4 is 33.2 Å². The summed E-state index contributed by atoms with van der Waals surface area (Å²) in [6.45, 7) is 2.61. The first-order valence-electron chi connectivity index (χ1n) is 9.18. The summed E-state index contributed by atoms with van der Waals surface area (Å²) in [5.41, 5.74) is 12.4. The Labute approximate surface area is 168 Å². The number of hydrazine groups is 2. The third-order valence-electron chi connectivity index (χ3n) is 4.98. The number of anilines is 2. The number of carbonyl (C=O) groups is 2. The number of rotatable bonds is 5. The average Bonchev–Trinajstić information content (AvgIpc) is 2.73. The summed E-state index contributed by atoms with van der Waals surface area (Å²) in [6.07, 6.45) is 3.18. The van der Waals surface area contributed by atoms with E-state index in [1.54, 1.807) is 0 Å². The summed E-state index contributed by atoms with van der Waals surface area (Å²) in [4.78, 5) is 33.5. The van der Waals surface area contributed by atoms with Gasteiger partial charge in [-0.25, -0.2) is 31.3 Å². The van der Waals surface area contributed by atoms with Crippen LogP contribution in [0.15, 0.2) is 36.5 Å². The van der Waals surface area contributed by atoms with Gasteiger partial charge in [0.25, 0.3) is 5.95 Å². The lowest BCUT2D eigenvalue weighted by molar-refractivity contribution is 0.204. The quantitative estimate of drug-likeness (QED) is 0.319. The first-order chi connectivity index (χ1) is 13.9. The second-order valence-corrected chi connectivity index (χ2v) is 6.90. The van der Waals surface area contributed by atoms with Crippen LogP contribution in [0.25, 0.3) is 0 Å². The molecule has 2 aromatic rings. The van der Waals surface area contributed by atoms with Crippen LogP contribution in [-0.2, 0) is 6.54 Å². The third-order valence-corrected chi connectivity index (χ3v) is 4.98. The number of nitrogens with zero attached hydrogens (tertiary/aromatic N) is 5. The number of primary amides is 2. The third kappa shape index (κ3) is 4.77. The minimum atomic E-state index is -0.944. The molecule has 1 aliphatic heterocycles. The Hall–Kier alpha value is -3.28. The summed E-state index contributed by atoms with van der Waals surface area (Å²) in [7, 11) is 0. The standard InChI is InChI=1S/C18H25N9O2/c19-16(28)26(21)15-14(10-23-18(24-15)27(22)17(20)29)13-6-8-25(9-7-13)11-12-4-2-1-3-5-12/h1-5,10,13H,6-9,11,21-22H2,(H2,19,28)(H2,20,29). The van der Waals surface area contributed by atoms with Gasteiger partial charge < -0.3 is 11.5 Å². The van der Waals surface area contributed by atoms with Gasteiger partial charge in [0.05, 0.1) is 0 Å². The second-order valence-electron chi connectivity index (χ2n) is 6.90. The van der Waals surface area contributed by atoms with Gasteiger partial charge in [0.15, 0.2) is 5.82 Å². The maximum atomic E-state index is 11.6. The molecule has 0 saturated carbocycles. The van der Waals surface area contributed by atoms with Crippen LogP contribution in [0, 0.1) is 0 Å². The zero-order valence-corrected chi connectivity index (χ0v) is 15.9. The number of hydrogen-bond donors (Lipinski definition) is 4. The Morgan fingerprint density at radius 1 is 1.03 bits per heavy atom. The highest BCUT2D eigenvalue weighted by atomic mass is 16.2. The molecule has 0 bridgehead atoms. The van der Waals surface area contributed by atoms with E-state index in [1.807, 2.05) is 18.2 Å². The van der Waals surface area contributed by atoms with Crippen molar-refractivity contribution in [1.82, 2.24) is 14.9 Å². The van der Waals surface area contributed by atoms with E-state index in [-0.39, 0.29) is 17.7 Å². The Balaban J connectivity index is 1.77. The number of urea groups is 2. The minimum Gasteiger partial charge on any atom is -0.350 e. The lowest BCUT2D eigenvalue weighted by Gasteiger charge is -2.33. The summed E-state index contributed by atoms with van der Waals surface area (Å²) in [6, 6.07) is 8.43. The van der Waals surface area contributed by atoms with E-state index in [4.69, 9.17) is 23.2 Å². The molecule has 1 saturated heterocycles. The number of aromatic nitrogens is 2. The highest BCUT2D eigenvalue weighted by molar-refractivity contribution is 5.90. The van der Waals surface area contributed by atoms with Crippen molar-refractivity contribution in [3.8, 4) is 0 Å². The van der Waals surface area contributed by atoms with Crippen molar-refractivity contribution in [1.29, 1.82) is 0 Å². The lowest BCUT2D eigenvalue weighted by atomic mass is 9.90. The molecule has 3 rings (SSSR count). The smallest absolute Gasteiger partial charge is 0.336 e. The Kier molecular flexibility index (Phi) is 6.22. The largest absolute Gasteiger partial charge is 0.350 e. The number of amides is 4. The van der Waals surface area contributed by atoms with Gasteiger partial charge in [0, 0.05) is 18.3 Å². The van der Waals surface area contributed by atoms with E-state index in [0.29, 0.717) is 10.6 Å². The van der Waals surface area contributed by atoms with Gasteiger partial charge in [-0.05, 0) is 37.4 Å². The number of piperidine rings is 1. The van der Waals surface area contributed by atoms with E-state index < -0.39 is 12.1 Å². The molecule has 1 fully saturated rings. The lowest BCUT2D eigenvalue weighted by Crippen LogP contribution is -2.45. The average molecular weight is 399 g/mol. The Morgan fingerprint density at radius 2 is 1.66 bits per heavy atom. The molecular weight excluding hydrogens is 374 g/mol. The van der Waals surface area contributed by atoms with Crippen LogP contribution >= 0.6 is 0 Å². The topological polar surface area (TPSA) is 174 Å². The molecule has 8 N–H and O–H groups in total. The van der Waals surface area contributed by atoms with Crippen LogP contribution in [0.1, 0.15) is 29.9 Å². The molecule has 0 spiro atoms. The van der Waals surface area contributed by atoms with Gasteiger partial charge in [0.2, 0.25) is 0 Å². The number of carbonyl (C=O) groups excluding carboxylic acids is 2. The first kappa shape index (κ1) is 20.5. The molecule has 0 radical (unpaired) electrons. The van der Waals surface area contributed by atoms with Crippen LogP contribution in [0.3, 0.4) is 0 Å². The molecule has 0 atom stereocenters. The van der Waals surface area contributed by atoms with Crippen molar-refractivity contribution in [3.05, 3.63) is 47.7 Å². The normalized spacial score (nSPS) is 15.1. The molecule has 1 aromatic heterocycles. The molecular formula is C18H25N9O2. The highest BCUT2D eigenvalue weighted by Crippen LogP contribution is 2.33. The summed E-state index contributed by atoms with van der Waals surface area (Å²) in [5.74, 6) is 11.4. The summed E-state index contributed by atoms with van der Waals surface area (Å²) >= 11 is 0. The fourth-order valence-electron chi connectivity index (χ4n) is 3.42. The molecule has 11 nitrogen and oxygen atoms in total. The van der Waals surface area contributed by atoms with Gasteiger partial charge in [0.1, 0.15) is 0 Å². The molecule has 4 amide bonds. The number of benzene rings is 1. The van der Waals surface area contributed by atoms with E-state index in [0.717, 1.165) is 37.5 Å². The maximum Gasteiger partial charge on any atom is 0.336 e. The molecule has 2 heterocycles. The van der Waals surface area contributed by atoms with Crippen LogP contribution in [0.2, 0.25) is 0 Å². The van der Waals surface area contributed by atoms with E-state index in [2.05, 4.69) is 27.0 Å². The van der Waals surface area contributed by atoms with Crippen LogP contribution in [0.4, 0.5) is 21.4 Å². The van der Waals surface area contributed by atoms with Gasteiger partial charge in [-0.2, -0.15) is 9.99 Å². The van der Waals surface area contributed by atoms with E-state index >= 15 is 0 Å². The van der Waals surface area contributed by atoms with Crippen molar-refractivity contribution in [2.24, 2.45) is 23.2 Å². The maximum absolute atomic E-state index is 11.6. The van der Waals surface area contributed by atoms with Gasteiger partial charge in [-0.1, -0.05) is 30.3 Å². The Bertz CT molecular complexity index is 869. The summed E-state index contributed by atoms with van der Waals surface area (Å²) < 4.78 is 0. The predicted octanol–water partition coefficient (Wildman–Crippen LogP) is 0.374. The zero-order chi connectivity index (χ0) is 21.0. The second kappa shape index (κ2) is 8.82. The van der Waals surface area contributed by atoms with E-state index in [9.17, 15) is 9.59 Å². The van der Waals surface area contributed by atoms with Crippen molar-refractivity contribution in [2.75, 3.05) is 23.1 Å². The fourth-order valence-corrected chi connectivity index (χ4v) is 3.42. The SMILES string of the molecule is NC(=O)N(N)c1ncc(C2CCN(Cc3ccccc3)CC2)c(N(N)C(N)=O)n1. The highest BCUT2D eigenvalue weighted by Gasteiger charge is 2.27. The molecule has 11 heteroatoms. The molecule has 154 valence electrons. The van der Waals surface area contributed by atoms with Crippen molar-refractivity contribution >= 4 is 23.8 Å². The fraction of sp³-hybridized carbons (Fsp3) is 0.333.